The highest BCUT2D eigenvalue weighted by Crippen LogP contribution is 2.32. The van der Waals surface area contributed by atoms with Gasteiger partial charge < -0.3 is 25.4 Å². The topological polar surface area (TPSA) is 140 Å². The maximum Gasteiger partial charge on any atom is 0.248 e. The monoisotopic (exact) mass is 592 g/mol. The van der Waals surface area contributed by atoms with Crippen molar-refractivity contribution in [2.75, 3.05) is 44.1 Å². The van der Waals surface area contributed by atoms with Crippen LogP contribution in [0.4, 0.5) is 11.4 Å². The van der Waals surface area contributed by atoms with Gasteiger partial charge >= 0.3 is 0 Å². The molecule has 0 atom stereocenters. The summed E-state index contributed by atoms with van der Waals surface area (Å²) < 4.78 is 40.6. The number of carbonyl (C=O) groups is 2. The molecule has 0 saturated carbocycles. The van der Waals surface area contributed by atoms with E-state index in [-0.39, 0.29) is 23.3 Å². The average Bonchev–Trinajstić information content (AvgIpc) is 3.00. The first-order valence-electron chi connectivity index (χ1n) is 13.6. The van der Waals surface area contributed by atoms with Crippen LogP contribution >= 0.6 is 0 Å². The van der Waals surface area contributed by atoms with Crippen LogP contribution in [0.1, 0.15) is 24.0 Å². The van der Waals surface area contributed by atoms with E-state index in [0.717, 1.165) is 11.1 Å². The molecule has 1 heterocycles. The van der Waals surface area contributed by atoms with Crippen LogP contribution < -0.4 is 30.1 Å². The highest BCUT2D eigenvalue weighted by molar-refractivity contribution is 7.89. The minimum Gasteiger partial charge on any atom is -0.493 e. The molecule has 4 rings (SSSR count). The molecule has 42 heavy (non-hydrogen) atoms. The molecule has 11 heteroatoms. The number of piperidine rings is 1. The van der Waals surface area contributed by atoms with Crippen molar-refractivity contribution in [1.82, 2.24) is 4.72 Å². The first-order chi connectivity index (χ1) is 20.2. The van der Waals surface area contributed by atoms with Crippen LogP contribution in [0.3, 0.4) is 0 Å². The number of carbonyl (C=O) groups excluding carboxylic acids is 2. The van der Waals surface area contributed by atoms with Gasteiger partial charge in [-0.2, -0.15) is 0 Å². The van der Waals surface area contributed by atoms with Gasteiger partial charge in [-0.1, -0.05) is 36.4 Å². The summed E-state index contributed by atoms with van der Waals surface area (Å²) in [5, 5.41) is 2.76. The Kier molecular flexibility index (Phi) is 10.2. The van der Waals surface area contributed by atoms with Gasteiger partial charge in [-0.05, 0) is 66.8 Å². The maximum absolute atomic E-state index is 13.6. The summed E-state index contributed by atoms with van der Waals surface area (Å²) in [6.07, 6.45) is 4.56. The third-order valence-electron chi connectivity index (χ3n) is 7.14. The van der Waals surface area contributed by atoms with Crippen molar-refractivity contribution in [1.29, 1.82) is 0 Å². The molecule has 1 aliphatic rings. The first kappa shape index (κ1) is 30.6. The standard InChI is InChI=1S/C31H36N4O6S/c1-40-27-12-8-23(20-28(27)41-2)14-17-33-42(38,39)29-21-25(34-30(36)13-9-22-6-4-3-5-7-22)10-11-26(29)35-18-15-24(16-19-35)31(32)37/h3-13,20-21,24,33H,14-19H2,1-2H3,(H2,32,37)(H,34,36)/b13-9+. The lowest BCUT2D eigenvalue weighted by Crippen LogP contribution is -2.39. The van der Waals surface area contributed by atoms with Gasteiger partial charge in [0.05, 0.1) is 19.9 Å². The lowest BCUT2D eigenvalue weighted by atomic mass is 9.96. The van der Waals surface area contributed by atoms with Crippen molar-refractivity contribution in [3.05, 3.63) is 83.9 Å². The van der Waals surface area contributed by atoms with E-state index < -0.39 is 15.9 Å². The van der Waals surface area contributed by atoms with E-state index in [4.69, 9.17) is 15.2 Å². The predicted octanol–water partition coefficient (Wildman–Crippen LogP) is 3.58. The fourth-order valence-corrected chi connectivity index (χ4v) is 6.12. The predicted molar refractivity (Wildman–Crippen MR) is 163 cm³/mol. The average molecular weight is 593 g/mol. The summed E-state index contributed by atoms with van der Waals surface area (Å²) >= 11 is 0. The number of hydrogen-bond acceptors (Lipinski definition) is 7. The number of anilines is 2. The highest BCUT2D eigenvalue weighted by Gasteiger charge is 2.28. The number of nitrogens with two attached hydrogens (primary N) is 1. The minimum atomic E-state index is -3.99. The molecule has 0 bridgehead atoms. The molecule has 2 amide bonds. The van der Waals surface area contributed by atoms with Crippen molar-refractivity contribution in [3.63, 3.8) is 0 Å². The number of sulfonamides is 1. The number of methoxy groups -OCH3 is 2. The van der Waals surface area contributed by atoms with E-state index in [1.165, 1.54) is 12.1 Å². The lowest BCUT2D eigenvalue weighted by molar-refractivity contribution is -0.122. The number of nitrogens with zero attached hydrogens (tertiary/aromatic N) is 1. The fourth-order valence-electron chi connectivity index (χ4n) is 4.84. The molecule has 3 aromatic rings. The summed E-state index contributed by atoms with van der Waals surface area (Å²) in [5.41, 5.74) is 8.06. The van der Waals surface area contributed by atoms with Crippen LogP contribution in [0.25, 0.3) is 6.08 Å². The van der Waals surface area contributed by atoms with Gasteiger partial charge in [-0.25, -0.2) is 13.1 Å². The van der Waals surface area contributed by atoms with E-state index in [1.807, 2.05) is 41.3 Å². The van der Waals surface area contributed by atoms with Crippen LogP contribution in [0.5, 0.6) is 11.5 Å². The molecule has 1 aliphatic heterocycles. The number of primary amides is 1. The van der Waals surface area contributed by atoms with Crippen LogP contribution in [0.15, 0.2) is 77.7 Å². The molecular weight excluding hydrogens is 556 g/mol. The molecule has 1 saturated heterocycles. The quantitative estimate of drug-likeness (QED) is 0.273. The van der Waals surface area contributed by atoms with E-state index in [0.29, 0.717) is 55.2 Å². The van der Waals surface area contributed by atoms with Crippen molar-refractivity contribution in [2.45, 2.75) is 24.2 Å². The number of benzene rings is 3. The van der Waals surface area contributed by atoms with Gasteiger partial charge in [0.25, 0.3) is 0 Å². The van der Waals surface area contributed by atoms with Gasteiger partial charge in [0.15, 0.2) is 11.5 Å². The Morgan fingerprint density at radius 3 is 2.36 bits per heavy atom. The first-order valence-corrected chi connectivity index (χ1v) is 15.1. The van der Waals surface area contributed by atoms with E-state index in [1.54, 1.807) is 44.6 Å². The molecule has 0 spiro atoms. The fraction of sp³-hybridized carbons (Fsp3) is 0.290. The molecule has 10 nitrogen and oxygen atoms in total. The van der Waals surface area contributed by atoms with Crippen molar-refractivity contribution < 1.29 is 27.5 Å². The second-order valence-corrected chi connectivity index (χ2v) is 11.7. The third kappa shape index (κ3) is 7.89. The van der Waals surface area contributed by atoms with E-state index in [2.05, 4.69) is 10.0 Å². The van der Waals surface area contributed by atoms with E-state index >= 15 is 0 Å². The zero-order chi connectivity index (χ0) is 30.1. The third-order valence-corrected chi connectivity index (χ3v) is 8.63. The Balaban J connectivity index is 1.54. The van der Waals surface area contributed by atoms with Crippen molar-refractivity contribution in [2.24, 2.45) is 11.7 Å². The number of amides is 2. The summed E-state index contributed by atoms with van der Waals surface area (Å²) in [6.45, 7) is 1.10. The number of ether oxygens (including phenoxy) is 2. The second-order valence-electron chi connectivity index (χ2n) is 9.92. The van der Waals surface area contributed by atoms with Crippen LogP contribution in [0, 0.1) is 5.92 Å². The van der Waals surface area contributed by atoms with Gasteiger partial charge in [0.2, 0.25) is 21.8 Å². The Labute approximate surface area is 246 Å². The second kappa shape index (κ2) is 14.0. The minimum absolute atomic E-state index is 0.0391. The van der Waals surface area contributed by atoms with Gasteiger partial charge in [0.1, 0.15) is 4.90 Å². The Morgan fingerprint density at radius 1 is 0.976 bits per heavy atom. The number of nitrogens with one attached hydrogen (secondary N) is 2. The summed E-state index contributed by atoms with van der Waals surface area (Å²) in [4.78, 5) is 26.3. The van der Waals surface area contributed by atoms with Crippen molar-refractivity contribution in [3.8, 4) is 11.5 Å². The lowest BCUT2D eigenvalue weighted by Gasteiger charge is -2.33. The number of hydrogen-bond donors (Lipinski definition) is 3. The SMILES string of the molecule is COc1ccc(CCNS(=O)(=O)c2cc(NC(=O)/C=C/c3ccccc3)ccc2N2CCC(C(N)=O)CC2)cc1OC. The molecule has 3 aromatic carbocycles. The Hall–Kier alpha value is -4.35. The van der Waals surface area contributed by atoms with Crippen LogP contribution in [-0.2, 0) is 26.0 Å². The van der Waals surface area contributed by atoms with Gasteiger partial charge in [-0.3, -0.25) is 9.59 Å². The molecule has 0 aromatic heterocycles. The van der Waals surface area contributed by atoms with Crippen LogP contribution in [-0.4, -0.2) is 54.1 Å². The van der Waals surface area contributed by atoms with Crippen LogP contribution in [0.2, 0.25) is 0 Å². The Bertz CT molecular complexity index is 1530. The maximum atomic E-state index is 13.6. The van der Waals surface area contributed by atoms with E-state index in [9.17, 15) is 18.0 Å². The molecule has 4 N–H and O–H groups in total. The molecule has 0 radical (unpaired) electrons. The Morgan fingerprint density at radius 2 is 1.69 bits per heavy atom. The summed E-state index contributed by atoms with van der Waals surface area (Å²) in [6, 6.07) is 19.6. The molecule has 1 fully saturated rings. The van der Waals surface area contributed by atoms with Gasteiger partial charge in [0, 0.05) is 37.3 Å². The van der Waals surface area contributed by atoms with Crippen molar-refractivity contribution >= 4 is 39.3 Å². The summed E-state index contributed by atoms with van der Waals surface area (Å²) in [5.74, 6) is 0.170. The summed E-state index contributed by atoms with van der Waals surface area (Å²) in [7, 11) is -0.897. The molecule has 222 valence electrons. The van der Waals surface area contributed by atoms with Gasteiger partial charge in [-0.15, -0.1) is 0 Å². The number of rotatable bonds is 12. The highest BCUT2D eigenvalue weighted by atomic mass is 32.2. The smallest absolute Gasteiger partial charge is 0.248 e. The molecule has 0 unspecified atom stereocenters. The largest absolute Gasteiger partial charge is 0.493 e. The zero-order valence-corrected chi connectivity index (χ0v) is 24.5. The normalized spacial score (nSPS) is 14.1. The molecular formula is C31H36N4O6S. The molecule has 0 aliphatic carbocycles. The zero-order valence-electron chi connectivity index (χ0n) is 23.7.